The monoisotopic (exact) mass is 281 g/mol. The van der Waals surface area contributed by atoms with Gasteiger partial charge in [0.1, 0.15) is 0 Å². The minimum atomic E-state index is -0.447. The van der Waals surface area contributed by atoms with E-state index in [1.54, 1.807) is 12.1 Å². The first-order valence-electron chi connectivity index (χ1n) is 6.56. The highest BCUT2D eigenvalue weighted by Crippen LogP contribution is 2.18. The fraction of sp³-hybridized carbons (Fsp3) is 0.500. The van der Waals surface area contributed by atoms with Gasteiger partial charge in [-0.25, -0.2) is 0 Å². The van der Waals surface area contributed by atoms with E-state index in [1.165, 1.54) is 0 Å². The van der Waals surface area contributed by atoms with E-state index >= 15 is 0 Å². The van der Waals surface area contributed by atoms with Crippen molar-refractivity contribution in [2.45, 2.75) is 25.4 Å². The number of likely N-dealkylation sites (tertiary alicyclic amines) is 1. The molecule has 1 fully saturated rings. The highest BCUT2D eigenvalue weighted by atomic mass is 35.5. The molecule has 0 unspecified atom stereocenters. The Labute approximate surface area is 118 Å². The molecule has 1 amide bonds. The number of rotatable bonds is 4. The second-order valence-electron chi connectivity index (χ2n) is 5.13. The molecule has 1 saturated heterocycles. The van der Waals surface area contributed by atoms with Gasteiger partial charge in [0, 0.05) is 23.2 Å². The number of hydrogen-bond donors (Lipinski definition) is 2. The van der Waals surface area contributed by atoms with Crippen LogP contribution in [0.15, 0.2) is 18.2 Å². The number of carbonyl (C=O) groups is 1. The first-order valence-corrected chi connectivity index (χ1v) is 6.94. The summed E-state index contributed by atoms with van der Waals surface area (Å²) in [5, 5.41) is 4.11. The minimum Gasteiger partial charge on any atom is -0.366 e. The standard InChI is InChI=1S/C14H20ClN3O/c1-18-6-4-12(5-7-18)17-9-11-3-2-10(14(16)19)8-13(11)15/h2-3,8,12,17H,4-7,9H2,1H3,(H2,16,19). The number of nitrogens with one attached hydrogen (secondary N) is 1. The minimum absolute atomic E-state index is 0.447. The number of halogens is 1. The third-order valence-corrected chi connectivity index (χ3v) is 3.99. The zero-order chi connectivity index (χ0) is 13.8. The normalized spacial score (nSPS) is 17.6. The van der Waals surface area contributed by atoms with Crippen LogP contribution in [0.4, 0.5) is 0 Å². The fourth-order valence-electron chi connectivity index (χ4n) is 2.31. The van der Waals surface area contributed by atoms with Gasteiger partial charge >= 0.3 is 0 Å². The summed E-state index contributed by atoms with van der Waals surface area (Å²) in [5.74, 6) is -0.447. The summed E-state index contributed by atoms with van der Waals surface area (Å²) in [6.45, 7) is 2.99. The van der Waals surface area contributed by atoms with Gasteiger partial charge in [-0.05, 0) is 50.7 Å². The van der Waals surface area contributed by atoms with Gasteiger partial charge in [0.05, 0.1) is 0 Å². The van der Waals surface area contributed by atoms with E-state index in [4.69, 9.17) is 17.3 Å². The Morgan fingerprint density at radius 3 is 2.74 bits per heavy atom. The summed E-state index contributed by atoms with van der Waals surface area (Å²) in [6, 6.07) is 5.77. The molecular formula is C14H20ClN3O. The highest BCUT2D eigenvalue weighted by Gasteiger charge is 2.16. The van der Waals surface area contributed by atoms with Crippen LogP contribution in [0, 0.1) is 0 Å². The van der Waals surface area contributed by atoms with Gasteiger partial charge in [0.15, 0.2) is 0 Å². The maximum atomic E-state index is 11.0. The summed E-state index contributed by atoms with van der Waals surface area (Å²) in [5.41, 5.74) is 6.68. The molecule has 2 rings (SSSR count). The predicted molar refractivity (Wildman–Crippen MR) is 77.3 cm³/mol. The van der Waals surface area contributed by atoms with Crippen LogP contribution in [-0.4, -0.2) is 37.0 Å². The van der Waals surface area contributed by atoms with Crippen molar-refractivity contribution in [2.24, 2.45) is 5.73 Å². The summed E-state index contributed by atoms with van der Waals surface area (Å²) in [4.78, 5) is 13.4. The van der Waals surface area contributed by atoms with Crippen molar-refractivity contribution in [1.29, 1.82) is 0 Å². The van der Waals surface area contributed by atoms with Crippen LogP contribution in [0.5, 0.6) is 0 Å². The van der Waals surface area contributed by atoms with E-state index in [2.05, 4.69) is 17.3 Å². The fourth-order valence-corrected chi connectivity index (χ4v) is 2.56. The van der Waals surface area contributed by atoms with Crippen LogP contribution in [0.3, 0.4) is 0 Å². The van der Waals surface area contributed by atoms with Gasteiger partial charge in [0.25, 0.3) is 0 Å². The summed E-state index contributed by atoms with van der Waals surface area (Å²) < 4.78 is 0. The Morgan fingerprint density at radius 2 is 2.16 bits per heavy atom. The van der Waals surface area contributed by atoms with E-state index in [0.717, 1.165) is 38.0 Å². The molecule has 104 valence electrons. The number of nitrogens with zero attached hydrogens (tertiary/aromatic N) is 1. The third kappa shape index (κ3) is 3.93. The first kappa shape index (κ1) is 14.3. The van der Waals surface area contributed by atoms with Gasteiger partial charge in [0.2, 0.25) is 5.91 Å². The Morgan fingerprint density at radius 1 is 1.47 bits per heavy atom. The van der Waals surface area contributed by atoms with E-state index in [9.17, 15) is 4.79 Å². The molecule has 0 radical (unpaired) electrons. The molecule has 1 heterocycles. The summed E-state index contributed by atoms with van der Waals surface area (Å²) in [7, 11) is 2.15. The quantitative estimate of drug-likeness (QED) is 0.882. The van der Waals surface area contributed by atoms with Crippen LogP contribution in [0.2, 0.25) is 5.02 Å². The molecule has 1 aliphatic rings. The second-order valence-corrected chi connectivity index (χ2v) is 5.54. The Balaban J connectivity index is 1.91. The molecule has 0 spiro atoms. The number of benzene rings is 1. The summed E-state index contributed by atoms with van der Waals surface area (Å²) >= 11 is 6.16. The lowest BCUT2D eigenvalue weighted by Crippen LogP contribution is -2.40. The maximum absolute atomic E-state index is 11.0. The van der Waals surface area contributed by atoms with Crippen molar-refractivity contribution in [3.8, 4) is 0 Å². The summed E-state index contributed by atoms with van der Waals surface area (Å²) in [6.07, 6.45) is 2.32. The van der Waals surface area contributed by atoms with Crippen LogP contribution >= 0.6 is 11.6 Å². The molecule has 0 bridgehead atoms. The van der Waals surface area contributed by atoms with Crippen LogP contribution in [0.1, 0.15) is 28.8 Å². The molecule has 1 aromatic rings. The zero-order valence-corrected chi connectivity index (χ0v) is 11.9. The Hall–Kier alpha value is -1.10. The van der Waals surface area contributed by atoms with Gasteiger partial charge in [-0.2, -0.15) is 0 Å². The van der Waals surface area contributed by atoms with Gasteiger partial charge in [-0.15, -0.1) is 0 Å². The van der Waals surface area contributed by atoms with Crippen molar-refractivity contribution in [1.82, 2.24) is 10.2 Å². The van der Waals surface area contributed by atoms with E-state index in [1.807, 2.05) is 6.07 Å². The Bertz CT molecular complexity index is 456. The second kappa shape index (κ2) is 6.37. The molecular weight excluding hydrogens is 262 g/mol. The van der Waals surface area contributed by atoms with Crippen molar-refractivity contribution in [3.05, 3.63) is 34.3 Å². The van der Waals surface area contributed by atoms with Crippen molar-refractivity contribution < 1.29 is 4.79 Å². The Kier molecular flexibility index (Phi) is 4.80. The average molecular weight is 282 g/mol. The van der Waals surface area contributed by atoms with Gasteiger partial charge < -0.3 is 16.0 Å². The zero-order valence-electron chi connectivity index (χ0n) is 11.2. The number of primary amides is 1. The molecule has 0 aliphatic carbocycles. The SMILES string of the molecule is CN1CCC(NCc2ccc(C(N)=O)cc2Cl)CC1. The lowest BCUT2D eigenvalue weighted by Gasteiger charge is -2.29. The topological polar surface area (TPSA) is 58.4 Å². The molecule has 0 saturated carbocycles. The number of amides is 1. The average Bonchev–Trinajstić information content (AvgIpc) is 2.39. The molecule has 1 aromatic carbocycles. The number of carbonyl (C=O) groups excluding carboxylic acids is 1. The molecule has 4 nitrogen and oxygen atoms in total. The highest BCUT2D eigenvalue weighted by molar-refractivity contribution is 6.31. The molecule has 5 heteroatoms. The lowest BCUT2D eigenvalue weighted by atomic mass is 10.0. The van der Waals surface area contributed by atoms with Crippen LogP contribution in [0.25, 0.3) is 0 Å². The molecule has 3 N–H and O–H groups in total. The number of piperidine rings is 1. The number of hydrogen-bond acceptors (Lipinski definition) is 3. The van der Waals surface area contributed by atoms with Crippen LogP contribution < -0.4 is 11.1 Å². The lowest BCUT2D eigenvalue weighted by molar-refractivity contribution is 0.100. The van der Waals surface area contributed by atoms with Crippen LogP contribution in [-0.2, 0) is 6.54 Å². The molecule has 0 atom stereocenters. The van der Waals surface area contributed by atoms with Gasteiger partial charge in [-0.3, -0.25) is 4.79 Å². The number of nitrogens with two attached hydrogens (primary N) is 1. The van der Waals surface area contributed by atoms with Crippen molar-refractivity contribution >= 4 is 17.5 Å². The van der Waals surface area contributed by atoms with E-state index in [-0.39, 0.29) is 0 Å². The molecule has 1 aliphatic heterocycles. The van der Waals surface area contributed by atoms with E-state index in [0.29, 0.717) is 16.6 Å². The third-order valence-electron chi connectivity index (χ3n) is 3.64. The van der Waals surface area contributed by atoms with Crippen molar-refractivity contribution in [2.75, 3.05) is 20.1 Å². The smallest absolute Gasteiger partial charge is 0.248 e. The van der Waals surface area contributed by atoms with Crippen molar-refractivity contribution in [3.63, 3.8) is 0 Å². The first-order chi connectivity index (χ1) is 9.06. The molecule has 19 heavy (non-hydrogen) atoms. The van der Waals surface area contributed by atoms with E-state index < -0.39 is 5.91 Å². The maximum Gasteiger partial charge on any atom is 0.248 e. The predicted octanol–water partition coefficient (Wildman–Crippen LogP) is 1.62. The van der Waals surface area contributed by atoms with Gasteiger partial charge in [-0.1, -0.05) is 17.7 Å². The molecule has 0 aromatic heterocycles. The largest absolute Gasteiger partial charge is 0.366 e.